The molecule has 0 saturated carbocycles. The first kappa shape index (κ1) is 14.6. The summed E-state index contributed by atoms with van der Waals surface area (Å²) in [5.41, 5.74) is 0.470. The van der Waals surface area contributed by atoms with Crippen molar-refractivity contribution in [3.8, 4) is 0 Å². The van der Waals surface area contributed by atoms with Gasteiger partial charge in [0.25, 0.3) is 5.91 Å². The molecule has 3 nitrogen and oxygen atoms in total. The monoisotopic (exact) mass is 250 g/mol. The first-order chi connectivity index (χ1) is 6.13. The van der Waals surface area contributed by atoms with Gasteiger partial charge >= 0.3 is 51.4 Å². The van der Waals surface area contributed by atoms with Crippen molar-refractivity contribution < 1.29 is 56.2 Å². The Morgan fingerprint density at radius 1 is 1.36 bits per heavy atom. The summed E-state index contributed by atoms with van der Waals surface area (Å²) in [6.07, 6.45) is 0. The zero-order valence-electron chi connectivity index (χ0n) is 7.64. The smallest absolute Gasteiger partial charge is 0.409 e. The van der Waals surface area contributed by atoms with Crippen molar-refractivity contribution in [2.24, 2.45) is 5.84 Å². The quantitative estimate of drug-likeness (QED) is 0.154. The molecule has 0 aliphatic heterocycles. The van der Waals surface area contributed by atoms with E-state index in [0.29, 0.717) is 5.56 Å². The van der Waals surface area contributed by atoms with E-state index in [-0.39, 0.29) is 61.6 Å². The molecule has 0 aliphatic carbocycles. The third kappa shape index (κ3) is 3.99. The molecule has 0 fully saturated rings. The molecule has 1 amide bonds. The maximum absolute atomic E-state index is 11.4. The number of hydrogen-bond donors (Lipinski definition) is 1. The molecule has 6 heteroatoms. The van der Waals surface area contributed by atoms with Gasteiger partial charge in [0.05, 0.1) is 0 Å². The van der Waals surface area contributed by atoms with Crippen molar-refractivity contribution in [2.75, 3.05) is 0 Å². The summed E-state index contributed by atoms with van der Waals surface area (Å²) in [4.78, 5) is 11.4. The Balaban J connectivity index is 0.00000169. The summed E-state index contributed by atoms with van der Waals surface area (Å²) in [7, 11) is 0. The zero-order valence-corrected chi connectivity index (χ0v) is 12.4. The van der Waals surface area contributed by atoms with E-state index in [2.05, 4.69) is 24.8 Å². The van der Waals surface area contributed by atoms with E-state index in [0.717, 1.165) is 5.01 Å². The third-order valence-electron chi connectivity index (χ3n) is 1.44. The van der Waals surface area contributed by atoms with Gasteiger partial charge in [0.15, 0.2) is 0 Å². The molecule has 14 heavy (non-hydrogen) atoms. The normalized spacial score (nSPS) is 8.64. The molecule has 1 rings (SSSR count). The minimum absolute atomic E-state index is 0. The van der Waals surface area contributed by atoms with Gasteiger partial charge in [-0.1, -0.05) is 18.2 Å². The van der Waals surface area contributed by atoms with Gasteiger partial charge in [0.1, 0.15) is 0 Å². The van der Waals surface area contributed by atoms with Gasteiger partial charge in [-0.15, -0.1) is 0 Å². The number of hydrazine groups is 1. The second-order valence-electron chi connectivity index (χ2n) is 2.31. The van der Waals surface area contributed by atoms with Crippen LogP contribution in [-0.4, -0.2) is 15.2 Å². The van der Waals surface area contributed by atoms with Crippen LogP contribution in [0.5, 0.6) is 0 Å². The van der Waals surface area contributed by atoms with Gasteiger partial charge in [0.2, 0.25) is 0 Å². The largest absolute Gasteiger partial charge is 1.00 e. The van der Waals surface area contributed by atoms with Crippen LogP contribution in [0.1, 0.15) is 10.4 Å². The van der Waals surface area contributed by atoms with Crippen LogP contribution in [0.4, 0.5) is 0 Å². The molecule has 0 radical (unpaired) electrons. The average Bonchev–Trinajstić information content (AvgIpc) is 2.17. The van der Waals surface area contributed by atoms with Crippen molar-refractivity contribution in [3.63, 3.8) is 0 Å². The summed E-state index contributed by atoms with van der Waals surface area (Å²) in [5.74, 6) is 4.94. The molecular formula is C8H7KN2OS2. The van der Waals surface area contributed by atoms with Crippen molar-refractivity contribution in [3.05, 3.63) is 35.9 Å². The molecule has 0 aromatic heterocycles. The molecular weight excluding hydrogens is 243 g/mol. The van der Waals surface area contributed by atoms with E-state index >= 15 is 0 Å². The molecule has 0 aliphatic rings. The van der Waals surface area contributed by atoms with E-state index in [1.807, 2.05) is 6.07 Å². The first-order valence-corrected chi connectivity index (χ1v) is 4.29. The number of benzene rings is 1. The minimum Gasteiger partial charge on any atom is -0.409 e. The second-order valence-corrected chi connectivity index (χ2v) is 3.34. The Labute approximate surface area is 136 Å². The molecule has 2 N–H and O–H groups in total. The van der Waals surface area contributed by atoms with E-state index < -0.39 is 0 Å². The predicted octanol–water partition coefficient (Wildman–Crippen LogP) is -2.16. The molecule has 0 bridgehead atoms. The van der Waals surface area contributed by atoms with E-state index in [1.165, 1.54) is 0 Å². The number of amides is 1. The van der Waals surface area contributed by atoms with E-state index in [9.17, 15) is 4.79 Å². The summed E-state index contributed by atoms with van der Waals surface area (Å²) < 4.78 is -0.0612. The van der Waals surface area contributed by atoms with E-state index in [1.54, 1.807) is 24.3 Å². The fraction of sp³-hybridized carbons (Fsp3) is 0. The predicted molar refractivity (Wildman–Crippen MR) is 56.8 cm³/mol. The van der Waals surface area contributed by atoms with Crippen LogP contribution in [0.2, 0.25) is 0 Å². The molecule has 0 unspecified atom stereocenters. The number of hydrogen-bond acceptors (Lipinski definition) is 4. The van der Waals surface area contributed by atoms with Gasteiger partial charge in [0, 0.05) is 5.56 Å². The first-order valence-electron chi connectivity index (χ1n) is 3.48. The van der Waals surface area contributed by atoms with Gasteiger partial charge in [-0.05, 0) is 16.5 Å². The Bertz CT molecular complexity index is 331. The Morgan fingerprint density at radius 2 is 1.86 bits per heavy atom. The Kier molecular flexibility index (Phi) is 7.26. The third-order valence-corrected chi connectivity index (χ3v) is 1.83. The summed E-state index contributed by atoms with van der Waals surface area (Å²) in [5, 5.41) is 0.778. The van der Waals surface area contributed by atoms with Gasteiger partial charge in [-0.25, -0.2) is 5.84 Å². The number of nitrogens with two attached hydrogens (primary N) is 1. The Hall–Kier alpha value is 0.596. The van der Waals surface area contributed by atoms with Crippen LogP contribution in [0.3, 0.4) is 0 Å². The van der Waals surface area contributed by atoms with Crippen LogP contribution >= 0.6 is 12.2 Å². The molecule has 0 heterocycles. The van der Waals surface area contributed by atoms with Crippen LogP contribution in [-0.2, 0) is 12.6 Å². The van der Waals surface area contributed by atoms with Crippen molar-refractivity contribution >= 4 is 35.1 Å². The average molecular weight is 250 g/mol. The van der Waals surface area contributed by atoms with Crippen LogP contribution in [0.15, 0.2) is 30.3 Å². The maximum atomic E-state index is 11.4. The number of carbonyl (C=O) groups is 1. The fourth-order valence-electron chi connectivity index (χ4n) is 0.803. The topological polar surface area (TPSA) is 46.3 Å². The second kappa shape index (κ2) is 6.97. The van der Waals surface area contributed by atoms with Gasteiger partial charge < -0.3 is 24.8 Å². The molecule has 0 spiro atoms. The molecule has 1 aromatic carbocycles. The molecule has 0 atom stereocenters. The number of nitrogens with zero attached hydrogens (tertiary/aromatic N) is 1. The number of rotatable bonds is 1. The van der Waals surface area contributed by atoms with Crippen molar-refractivity contribution in [1.82, 2.24) is 5.01 Å². The minimum atomic E-state index is -0.388. The van der Waals surface area contributed by atoms with Crippen LogP contribution < -0.4 is 57.2 Å². The van der Waals surface area contributed by atoms with Crippen LogP contribution in [0, 0.1) is 0 Å². The van der Waals surface area contributed by atoms with E-state index in [4.69, 9.17) is 5.84 Å². The number of thiocarbonyl (C=S) groups is 1. The number of carbonyl (C=O) groups excluding carboxylic acids is 1. The van der Waals surface area contributed by atoms with Crippen molar-refractivity contribution in [2.45, 2.75) is 0 Å². The summed E-state index contributed by atoms with van der Waals surface area (Å²) in [6.45, 7) is 0. The zero-order chi connectivity index (χ0) is 9.84. The van der Waals surface area contributed by atoms with Gasteiger partial charge in [-0.2, -0.15) is 0 Å². The fourth-order valence-corrected chi connectivity index (χ4v) is 0.969. The SMILES string of the molecule is NN(C(=O)c1ccccc1)C(=S)[S-].[K+]. The Morgan fingerprint density at radius 3 is 2.29 bits per heavy atom. The van der Waals surface area contributed by atoms with Crippen molar-refractivity contribution in [1.29, 1.82) is 0 Å². The van der Waals surface area contributed by atoms with Gasteiger partial charge in [-0.3, -0.25) is 9.80 Å². The molecule has 68 valence electrons. The summed E-state index contributed by atoms with van der Waals surface area (Å²) in [6, 6.07) is 8.59. The summed E-state index contributed by atoms with van der Waals surface area (Å²) >= 11 is 9.18. The standard InChI is InChI=1S/C8H8N2OS2.K/c9-10(8(12)13)7(11)6-4-2-1-3-5-6;/h1-5H,9H2,(H,12,13);/q;+1/p-1. The molecule has 1 aromatic rings. The maximum Gasteiger partial charge on any atom is 1.00 e. The van der Waals surface area contributed by atoms with Crippen LogP contribution in [0.25, 0.3) is 0 Å². The molecule has 0 saturated heterocycles.